The number of carbonyl (C=O) groups excluding carboxylic acids is 1. The van der Waals surface area contributed by atoms with Crippen molar-refractivity contribution in [3.05, 3.63) is 35.7 Å². The summed E-state index contributed by atoms with van der Waals surface area (Å²) >= 11 is 0. The Hall–Kier alpha value is -2.19. The summed E-state index contributed by atoms with van der Waals surface area (Å²) in [6.07, 6.45) is 0.723. The molecule has 0 unspecified atom stereocenters. The van der Waals surface area contributed by atoms with Crippen molar-refractivity contribution in [1.29, 1.82) is 0 Å². The highest BCUT2D eigenvalue weighted by Gasteiger charge is 2.16. The van der Waals surface area contributed by atoms with Crippen LogP contribution in [-0.2, 0) is 26.1 Å². The summed E-state index contributed by atoms with van der Waals surface area (Å²) in [6.45, 7) is 2.86. The van der Waals surface area contributed by atoms with Crippen LogP contribution in [0.3, 0.4) is 0 Å². The number of aromatic nitrogens is 1. The standard InChI is InChI=1S/C18H24N2O5S/c1-13-16(11-26(22)12-17(21)19-8-5-9-23-2)20-18(25-13)14-6-4-7-15(10-14)24-3/h4,6-7,10H,5,8-9,11-12H2,1-3H3,(H,19,21)/t26-/m1/s1. The summed E-state index contributed by atoms with van der Waals surface area (Å²) < 4.78 is 28.0. The zero-order valence-electron chi connectivity index (χ0n) is 15.2. The van der Waals surface area contributed by atoms with E-state index < -0.39 is 10.8 Å². The summed E-state index contributed by atoms with van der Waals surface area (Å²) in [5, 5.41) is 2.72. The normalized spacial score (nSPS) is 12.0. The van der Waals surface area contributed by atoms with Crippen LogP contribution in [0.25, 0.3) is 11.5 Å². The summed E-state index contributed by atoms with van der Waals surface area (Å²) in [7, 11) is 1.84. The second-order valence-corrected chi connectivity index (χ2v) is 7.14. The van der Waals surface area contributed by atoms with Crippen molar-refractivity contribution in [2.75, 3.05) is 33.1 Å². The lowest BCUT2D eigenvalue weighted by Gasteiger charge is -2.04. The zero-order valence-corrected chi connectivity index (χ0v) is 16.1. The molecule has 1 amide bonds. The van der Waals surface area contributed by atoms with Gasteiger partial charge in [0.15, 0.2) is 0 Å². The molecule has 0 spiro atoms. The van der Waals surface area contributed by atoms with Crippen LogP contribution in [0.4, 0.5) is 0 Å². The lowest BCUT2D eigenvalue weighted by Crippen LogP contribution is -2.30. The fourth-order valence-electron chi connectivity index (χ4n) is 2.29. The maximum Gasteiger partial charge on any atom is 0.232 e. The lowest BCUT2D eigenvalue weighted by molar-refractivity contribution is -0.118. The Balaban J connectivity index is 1.94. The van der Waals surface area contributed by atoms with E-state index in [1.807, 2.05) is 24.3 Å². The van der Waals surface area contributed by atoms with Crippen LogP contribution in [0, 0.1) is 6.92 Å². The van der Waals surface area contributed by atoms with Gasteiger partial charge in [-0.3, -0.25) is 9.00 Å². The largest absolute Gasteiger partial charge is 0.497 e. The molecular weight excluding hydrogens is 356 g/mol. The van der Waals surface area contributed by atoms with Crippen molar-refractivity contribution in [3.63, 3.8) is 0 Å². The SMILES string of the molecule is COCCCNC(=O)C[S@](=O)Cc1nc(-c2cccc(OC)c2)oc1C. The molecule has 0 radical (unpaired) electrons. The molecule has 1 aromatic carbocycles. The predicted molar refractivity (Wildman–Crippen MR) is 99.4 cm³/mol. The Bertz CT molecular complexity index is 760. The van der Waals surface area contributed by atoms with E-state index in [-0.39, 0.29) is 17.4 Å². The molecule has 7 nitrogen and oxygen atoms in total. The summed E-state index contributed by atoms with van der Waals surface area (Å²) in [6, 6.07) is 7.36. The van der Waals surface area contributed by atoms with E-state index in [0.717, 1.165) is 12.0 Å². The van der Waals surface area contributed by atoms with E-state index in [0.29, 0.717) is 36.2 Å². The van der Waals surface area contributed by atoms with Gasteiger partial charge in [0.2, 0.25) is 11.8 Å². The van der Waals surface area contributed by atoms with Crippen molar-refractivity contribution in [1.82, 2.24) is 10.3 Å². The smallest absolute Gasteiger partial charge is 0.232 e. The Labute approximate surface area is 155 Å². The molecule has 8 heteroatoms. The third-order valence-corrected chi connectivity index (χ3v) is 4.83. The zero-order chi connectivity index (χ0) is 18.9. The van der Waals surface area contributed by atoms with Gasteiger partial charge in [-0.05, 0) is 31.5 Å². The Morgan fingerprint density at radius 1 is 1.35 bits per heavy atom. The number of oxazole rings is 1. The van der Waals surface area contributed by atoms with Crippen LogP contribution in [0.15, 0.2) is 28.7 Å². The molecule has 0 bridgehead atoms. The molecule has 2 aromatic rings. The van der Waals surface area contributed by atoms with Crippen LogP contribution in [-0.4, -0.2) is 48.2 Å². The van der Waals surface area contributed by atoms with Gasteiger partial charge in [0.05, 0.1) is 18.6 Å². The van der Waals surface area contributed by atoms with Crippen LogP contribution in [0.1, 0.15) is 17.9 Å². The maximum absolute atomic E-state index is 12.2. The number of hydrogen-bond acceptors (Lipinski definition) is 6. The number of methoxy groups -OCH3 is 2. The molecule has 0 fully saturated rings. The van der Waals surface area contributed by atoms with Gasteiger partial charge in [-0.15, -0.1) is 0 Å². The Morgan fingerprint density at radius 2 is 2.15 bits per heavy atom. The second-order valence-electron chi connectivity index (χ2n) is 5.68. The van der Waals surface area contributed by atoms with Crippen molar-refractivity contribution in [2.45, 2.75) is 19.1 Å². The third-order valence-electron chi connectivity index (χ3n) is 3.65. The van der Waals surface area contributed by atoms with Crippen LogP contribution in [0.2, 0.25) is 0 Å². The first-order valence-corrected chi connectivity index (χ1v) is 9.73. The number of hydrogen-bond donors (Lipinski definition) is 1. The minimum atomic E-state index is -1.36. The van der Waals surface area contributed by atoms with Gasteiger partial charge < -0.3 is 19.2 Å². The van der Waals surface area contributed by atoms with Crippen molar-refractivity contribution in [2.24, 2.45) is 0 Å². The Kier molecular flexibility index (Phi) is 7.80. The fraction of sp³-hybridized carbons (Fsp3) is 0.444. The molecule has 1 atom stereocenters. The second kappa shape index (κ2) is 10.1. The van der Waals surface area contributed by atoms with Crippen molar-refractivity contribution >= 4 is 16.7 Å². The molecule has 1 aromatic heterocycles. The molecule has 1 N–H and O–H groups in total. The number of nitrogens with one attached hydrogen (secondary N) is 1. The summed E-state index contributed by atoms with van der Waals surface area (Å²) in [5.74, 6) is 1.61. The quantitative estimate of drug-likeness (QED) is 0.635. The van der Waals surface area contributed by atoms with Gasteiger partial charge in [-0.25, -0.2) is 4.98 Å². The van der Waals surface area contributed by atoms with E-state index in [9.17, 15) is 9.00 Å². The first kappa shape index (κ1) is 20.1. The first-order chi connectivity index (χ1) is 12.5. The minimum Gasteiger partial charge on any atom is -0.497 e. The fourth-order valence-corrected chi connectivity index (χ4v) is 3.36. The first-order valence-electron chi connectivity index (χ1n) is 8.24. The van der Waals surface area contributed by atoms with E-state index >= 15 is 0 Å². The van der Waals surface area contributed by atoms with Crippen LogP contribution >= 0.6 is 0 Å². The highest BCUT2D eigenvalue weighted by Crippen LogP contribution is 2.25. The number of ether oxygens (including phenoxy) is 2. The van der Waals surface area contributed by atoms with Gasteiger partial charge in [0, 0.05) is 36.6 Å². The molecule has 1 heterocycles. The van der Waals surface area contributed by atoms with Crippen molar-refractivity contribution < 1.29 is 22.9 Å². The molecule has 0 aliphatic carbocycles. The number of rotatable bonds is 10. The number of carbonyl (C=O) groups is 1. The van der Waals surface area contributed by atoms with Gasteiger partial charge in [-0.1, -0.05) is 6.07 Å². The minimum absolute atomic E-state index is 0.0617. The van der Waals surface area contributed by atoms with Crippen LogP contribution in [0.5, 0.6) is 5.75 Å². The molecule has 0 aliphatic rings. The van der Waals surface area contributed by atoms with E-state index in [2.05, 4.69) is 10.3 Å². The summed E-state index contributed by atoms with van der Waals surface area (Å²) in [5.41, 5.74) is 1.37. The highest BCUT2D eigenvalue weighted by atomic mass is 32.2. The van der Waals surface area contributed by atoms with Crippen molar-refractivity contribution in [3.8, 4) is 17.2 Å². The molecule has 0 saturated heterocycles. The Morgan fingerprint density at radius 3 is 2.88 bits per heavy atom. The number of nitrogens with zero attached hydrogens (tertiary/aromatic N) is 1. The van der Waals surface area contributed by atoms with Gasteiger partial charge in [-0.2, -0.15) is 0 Å². The average molecular weight is 380 g/mol. The predicted octanol–water partition coefficient (Wildman–Crippen LogP) is 2.06. The van der Waals surface area contributed by atoms with Gasteiger partial charge in [0.1, 0.15) is 17.3 Å². The monoisotopic (exact) mass is 380 g/mol. The molecular formula is C18H24N2O5S. The van der Waals surface area contributed by atoms with Crippen LogP contribution < -0.4 is 10.1 Å². The molecule has 0 aliphatic heterocycles. The van der Waals surface area contributed by atoms with Gasteiger partial charge in [0.25, 0.3) is 0 Å². The number of aryl methyl sites for hydroxylation is 1. The molecule has 26 heavy (non-hydrogen) atoms. The highest BCUT2D eigenvalue weighted by molar-refractivity contribution is 7.84. The third kappa shape index (κ3) is 5.96. The maximum atomic E-state index is 12.2. The average Bonchev–Trinajstić information content (AvgIpc) is 2.99. The van der Waals surface area contributed by atoms with E-state index in [1.54, 1.807) is 21.1 Å². The number of amides is 1. The molecule has 0 saturated carbocycles. The van der Waals surface area contributed by atoms with E-state index in [1.165, 1.54) is 0 Å². The summed E-state index contributed by atoms with van der Waals surface area (Å²) in [4.78, 5) is 16.2. The van der Waals surface area contributed by atoms with E-state index in [4.69, 9.17) is 13.9 Å². The lowest BCUT2D eigenvalue weighted by atomic mass is 10.2. The molecule has 2 rings (SSSR count). The molecule has 142 valence electrons. The van der Waals surface area contributed by atoms with Gasteiger partial charge >= 0.3 is 0 Å². The number of benzene rings is 1. The topological polar surface area (TPSA) is 90.7 Å².